The standard InChI is InChI=1S/C26H47N.BrH.ClH/c1-4-5-6-7-8-9-10-11-12-13-14-15-16-20-23-27(25(2)3)24-26-21-18-17-19-22-26;;/h17-19,21-22,25H,4-16,20,23-24H2,1-3H3;2*1H. The van der Waals surface area contributed by atoms with Gasteiger partial charge in [0.25, 0.3) is 0 Å². The van der Waals surface area contributed by atoms with Gasteiger partial charge in [-0.25, -0.2) is 0 Å². The fourth-order valence-electron chi connectivity index (χ4n) is 3.85. The van der Waals surface area contributed by atoms with Crippen molar-refractivity contribution in [3.8, 4) is 0 Å². The lowest BCUT2D eigenvalue weighted by atomic mass is 10.0. The Labute approximate surface area is 199 Å². The number of halogens is 2. The maximum absolute atomic E-state index is 2.62. The average molecular weight is 491 g/mol. The highest BCUT2D eigenvalue weighted by Crippen LogP contribution is 2.14. The van der Waals surface area contributed by atoms with Crippen LogP contribution in [0.4, 0.5) is 0 Å². The molecule has 0 saturated carbocycles. The molecule has 0 bridgehead atoms. The van der Waals surface area contributed by atoms with Gasteiger partial charge in [0.05, 0.1) is 0 Å². The minimum absolute atomic E-state index is 0. The molecule has 3 heteroatoms. The second-order valence-corrected chi connectivity index (χ2v) is 8.65. The molecule has 0 heterocycles. The van der Waals surface area contributed by atoms with Crippen LogP contribution in [0.3, 0.4) is 0 Å². The third kappa shape index (κ3) is 18.4. The molecule has 0 spiro atoms. The van der Waals surface area contributed by atoms with E-state index in [2.05, 4.69) is 56.0 Å². The Balaban J connectivity index is 0. The van der Waals surface area contributed by atoms with E-state index in [4.69, 9.17) is 0 Å². The molecule has 0 N–H and O–H groups in total. The van der Waals surface area contributed by atoms with Crippen molar-refractivity contribution >= 4 is 29.4 Å². The van der Waals surface area contributed by atoms with E-state index in [0.717, 1.165) is 6.54 Å². The summed E-state index contributed by atoms with van der Waals surface area (Å²) >= 11 is 0. The topological polar surface area (TPSA) is 3.24 Å². The summed E-state index contributed by atoms with van der Waals surface area (Å²) in [5, 5.41) is 0. The van der Waals surface area contributed by atoms with Gasteiger partial charge in [-0.05, 0) is 32.4 Å². The Bertz CT molecular complexity index is 424. The molecule has 0 aromatic heterocycles. The van der Waals surface area contributed by atoms with Crippen LogP contribution in [0.25, 0.3) is 0 Å². The van der Waals surface area contributed by atoms with Crippen LogP contribution in [0.5, 0.6) is 0 Å². The lowest BCUT2D eigenvalue weighted by molar-refractivity contribution is 0.208. The Morgan fingerprint density at radius 2 is 1.07 bits per heavy atom. The Morgan fingerprint density at radius 1 is 0.655 bits per heavy atom. The average Bonchev–Trinajstić information content (AvgIpc) is 2.68. The zero-order chi connectivity index (χ0) is 19.6. The van der Waals surface area contributed by atoms with Crippen molar-refractivity contribution in [3.63, 3.8) is 0 Å². The summed E-state index contributed by atoms with van der Waals surface area (Å²) in [5.74, 6) is 0. The van der Waals surface area contributed by atoms with Crippen molar-refractivity contribution in [1.29, 1.82) is 0 Å². The number of hydrogen-bond acceptors (Lipinski definition) is 1. The first-order valence-corrected chi connectivity index (χ1v) is 12.0. The second kappa shape index (κ2) is 22.6. The van der Waals surface area contributed by atoms with Gasteiger partial charge in [-0.1, -0.05) is 121 Å². The van der Waals surface area contributed by atoms with E-state index in [1.165, 1.54) is 102 Å². The Kier molecular flexibility index (Phi) is 24.3. The fraction of sp³-hybridized carbons (Fsp3) is 0.769. The monoisotopic (exact) mass is 489 g/mol. The van der Waals surface area contributed by atoms with Gasteiger partial charge >= 0.3 is 0 Å². The van der Waals surface area contributed by atoms with Gasteiger partial charge in [0.15, 0.2) is 0 Å². The fourth-order valence-corrected chi connectivity index (χ4v) is 3.85. The highest BCUT2D eigenvalue weighted by Gasteiger charge is 2.09. The van der Waals surface area contributed by atoms with Gasteiger partial charge < -0.3 is 0 Å². The second-order valence-electron chi connectivity index (χ2n) is 8.65. The van der Waals surface area contributed by atoms with Crippen LogP contribution in [0.15, 0.2) is 30.3 Å². The van der Waals surface area contributed by atoms with Crippen molar-refractivity contribution in [2.45, 2.75) is 123 Å². The van der Waals surface area contributed by atoms with E-state index in [0.29, 0.717) is 6.04 Å². The van der Waals surface area contributed by atoms with E-state index < -0.39 is 0 Å². The first-order valence-electron chi connectivity index (χ1n) is 12.0. The zero-order valence-corrected chi connectivity index (χ0v) is 22.1. The largest absolute Gasteiger partial charge is 0.297 e. The molecule has 0 aliphatic carbocycles. The van der Waals surface area contributed by atoms with E-state index >= 15 is 0 Å². The molecule has 0 saturated heterocycles. The van der Waals surface area contributed by atoms with Crippen molar-refractivity contribution in [2.24, 2.45) is 0 Å². The molecule has 0 unspecified atom stereocenters. The van der Waals surface area contributed by atoms with Crippen LogP contribution in [-0.2, 0) is 6.54 Å². The molecular weight excluding hydrogens is 442 g/mol. The normalized spacial score (nSPS) is 10.8. The van der Waals surface area contributed by atoms with E-state index in [-0.39, 0.29) is 29.4 Å². The van der Waals surface area contributed by atoms with E-state index in [1.54, 1.807) is 0 Å². The van der Waals surface area contributed by atoms with Crippen molar-refractivity contribution in [2.75, 3.05) is 6.54 Å². The number of hydrogen-bond donors (Lipinski definition) is 0. The van der Waals surface area contributed by atoms with Gasteiger partial charge in [-0.15, -0.1) is 29.4 Å². The van der Waals surface area contributed by atoms with Crippen LogP contribution in [-0.4, -0.2) is 17.5 Å². The molecule has 1 aromatic rings. The van der Waals surface area contributed by atoms with Crippen molar-refractivity contribution in [3.05, 3.63) is 35.9 Å². The minimum Gasteiger partial charge on any atom is -0.297 e. The summed E-state index contributed by atoms with van der Waals surface area (Å²) in [5.41, 5.74) is 1.44. The van der Waals surface area contributed by atoms with Gasteiger partial charge in [-0.3, -0.25) is 4.90 Å². The maximum atomic E-state index is 2.62. The van der Waals surface area contributed by atoms with Gasteiger partial charge in [-0.2, -0.15) is 0 Å². The van der Waals surface area contributed by atoms with Crippen LogP contribution in [0, 0.1) is 0 Å². The summed E-state index contributed by atoms with van der Waals surface area (Å²) in [6.07, 6.45) is 20.1. The summed E-state index contributed by atoms with van der Waals surface area (Å²) in [6.45, 7) is 9.28. The van der Waals surface area contributed by atoms with Crippen LogP contribution in [0.1, 0.15) is 116 Å². The zero-order valence-electron chi connectivity index (χ0n) is 19.5. The molecule has 0 amide bonds. The Morgan fingerprint density at radius 3 is 1.48 bits per heavy atom. The van der Waals surface area contributed by atoms with Crippen LogP contribution < -0.4 is 0 Å². The molecule has 172 valence electrons. The predicted octanol–water partition coefficient (Wildman–Crippen LogP) is 9.38. The smallest absolute Gasteiger partial charge is 0.0236 e. The van der Waals surface area contributed by atoms with E-state index in [9.17, 15) is 0 Å². The Hall–Kier alpha value is -0.0500. The van der Waals surface area contributed by atoms with Gasteiger partial charge in [0.1, 0.15) is 0 Å². The SMILES string of the molecule is Br.CCCCCCCCCCCCCCCCN(Cc1ccccc1)C(C)C.Cl. The molecular formula is C26H49BrClN. The molecule has 0 atom stereocenters. The summed E-state index contributed by atoms with van der Waals surface area (Å²) in [6, 6.07) is 11.5. The maximum Gasteiger partial charge on any atom is 0.0236 e. The number of nitrogens with zero attached hydrogens (tertiary/aromatic N) is 1. The first-order chi connectivity index (χ1) is 13.2. The molecule has 0 aliphatic rings. The van der Waals surface area contributed by atoms with Gasteiger partial charge in [0, 0.05) is 12.6 Å². The molecule has 0 radical (unpaired) electrons. The summed E-state index contributed by atoms with van der Waals surface area (Å²) < 4.78 is 0. The molecule has 0 aliphatic heterocycles. The highest BCUT2D eigenvalue weighted by atomic mass is 79.9. The summed E-state index contributed by atoms with van der Waals surface area (Å²) in [7, 11) is 0. The number of benzene rings is 1. The van der Waals surface area contributed by atoms with Gasteiger partial charge in [0.2, 0.25) is 0 Å². The predicted molar refractivity (Wildman–Crippen MR) is 140 cm³/mol. The van der Waals surface area contributed by atoms with Crippen LogP contribution in [0.2, 0.25) is 0 Å². The molecule has 1 aromatic carbocycles. The highest BCUT2D eigenvalue weighted by molar-refractivity contribution is 8.93. The lowest BCUT2D eigenvalue weighted by Gasteiger charge is -2.26. The quantitative estimate of drug-likeness (QED) is 0.185. The lowest BCUT2D eigenvalue weighted by Crippen LogP contribution is -2.31. The number of rotatable bonds is 18. The molecule has 1 rings (SSSR count). The molecule has 29 heavy (non-hydrogen) atoms. The summed E-state index contributed by atoms with van der Waals surface area (Å²) in [4.78, 5) is 2.62. The minimum atomic E-state index is 0. The molecule has 1 nitrogen and oxygen atoms in total. The first kappa shape index (κ1) is 31.1. The third-order valence-corrected chi connectivity index (χ3v) is 5.76. The third-order valence-electron chi connectivity index (χ3n) is 5.76. The van der Waals surface area contributed by atoms with Crippen LogP contribution >= 0.6 is 29.4 Å². The number of unbranched alkanes of at least 4 members (excludes halogenated alkanes) is 13. The van der Waals surface area contributed by atoms with Crippen molar-refractivity contribution in [1.82, 2.24) is 4.90 Å². The van der Waals surface area contributed by atoms with Crippen molar-refractivity contribution < 1.29 is 0 Å². The molecule has 0 fully saturated rings. The van der Waals surface area contributed by atoms with E-state index in [1.807, 2.05) is 0 Å².